The van der Waals surface area contributed by atoms with Gasteiger partial charge in [-0.25, -0.2) is 0 Å². The first-order chi connectivity index (χ1) is 9.86. The summed E-state index contributed by atoms with van der Waals surface area (Å²) in [6.45, 7) is 5.30. The van der Waals surface area contributed by atoms with Gasteiger partial charge in [0.05, 0.1) is 7.11 Å². The van der Waals surface area contributed by atoms with Gasteiger partial charge >= 0.3 is 5.97 Å². The van der Waals surface area contributed by atoms with E-state index >= 15 is 0 Å². The van der Waals surface area contributed by atoms with E-state index in [0.29, 0.717) is 0 Å². The second-order valence-electron chi connectivity index (χ2n) is 5.36. The van der Waals surface area contributed by atoms with Crippen molar-refractivity contribution in [3.63, 3.8) is 0 Å². The van der Waals surface area contributed by atoms with Crippen molar-refractivity contribution in [3.8, 4) is 5.75 Å². The molecule has 116 valence electrons. The zero-order chi connectivity index (χ0) is 16.0. The number of carbonyl (C=O) groups is 2. The number of hydrogen-bond donors (Lipinski definition) is 1. The second kappa shape index (κ2) is 7.67. The van der Waals surface area contributed by atoms with Crippen molar-refractivity contribution in [1.29, 1.82) is 0 Å². The lowest BCUT2D eigenvalue weighted by Crippen LogP contribution is -2.41. The molecule has 1 atom stereocenters. The number of methoxy groups -OCH3 is 1. The van der Waals surface area contributed by atoms with Gasteiger partial charge in [0.1, 0.15) is 12.3 Å². The monoisotopic (exact) mass is 293 g/mol. The molecule has 1 aromatic rings. The molecule has 1 amide bonds. The topological polar surface area (TPSA) is 66.8 Å². The van der Waals surface area contributed by atoms with E-state index in [9.17, 15) is 9.59 Å². The molecule has 5 heteroatoms. The molecule has 0 spiro atoms. The largest absolute Gasteiger partial charge is 0.496 e. The van der Waals surface area contributed by atoms with Crippen LogP contribution in [-0.2, 0) is 9.59 Å². The van der Waals surface area contributed by atoms with Crippen molar-refractivity contribution in [1.82, 2.24) is 4.90 Å². The van der Waals surface area contributed by atoms with Gasteiger partial charge in [-0.2, -0.15) is 0 Å². The molecular weight excluding hydrogens is 270 g/mol. The van der Waals surface area contributed by atoms with Gasteiger partial charge in [0.2, 0.25) is 5.91 Å². The quantitative estimate of drug-likeness (QED) is 0.839. The van der Waals surface area contributed by atoms with Gasteiger partial charge in [-0.1, -0.05) is 25.1 Å². The molecule has 0 radical (unpaired) electrons. The van der Waals surface area contributed by atoms with Crippen molar-refractivity contribution < 1.29 is 19.4 Å². The highest BCUT2D eigenvalue weighted by molar-refractivity contribution is 5.82. The van der Waals surface area contributed by atoms with Gasteiger partial charge in [0.15, 0.2) is 0 Å². The Morgan fingerprint density at radius 3 is 2.38 bits per heavy atom. The number of benzene rings is 1. The molecule has 0 aliphatic rings. The molecule has 21 heavy (non-hydrogen) atoms. The van der Waals surface area contributed by atoms with Crippen LogP contribution in [0.2, 0.25) is 0 Å². The Labute approximate surface area is 125 Å². The maximum Gasteiger partial charge on any atom is 0.323 e. The van der Waals surface area contributed by atoms with Crippen LogP contribution in [0.1, 0.15) is 38.7 Å². The Hall–Kier alpha value is -2.04. The van der Waals surface area contributed by atoms with Crippen molar-refractivity contribution in [2.24, 2.45) is 0 Å². The molecule has 0 aliphatic carbocycles. The Balaban J connectivity index is 2.82. The first-order valence-electron chi connectivity index (χ1n) is 7.01. The van der Waals surface area contributed by atoms with E-state index in [1.165, 1.54) is 4.90 Å². The number of carboxylic acid groups (broad SMARTS) is 1. The van der Waals surface area contributed by atoms with E-state index in [1.807, 2.05) is 45.0 Å². The molecule has 0 bridgehead atoms. The summed E-state index contributed by atoms with van der Waals surface area (Å²) in [5.74, 6) is -0.455. The molecule has 1 N–H and O–H groups in total. The lowest BCUT2D eigenvalue weighted by Gasteiger charge is -2.26. The minimum Gasteiger partial charge on any atom is -0.496 e. The summed E-state index contributed by atoms with van der Waals surface area (Å²) in [7, 11) is 1.60. The summed E-state index contributed by atoms with van der Waals surface area (Å²) >= 11 is 0. The molecule has 0 saturated carbocycles. The van der Waals surface area contributed by atoms with E-state index in [-0.39, 0.29) is 30.8 Å². The van der Waals surface area contributed by atoms with E-state index in [4.69, 9.17) is 9.84 Å². The number of carboxylic acids is 1. The Morgan fingerprint density at radius 2 is 1.86 bits per heavy atom. The lowest BCUT2D eigenvalue weighted by atomic mass is 9.96. The van der Waals surface area contributed by atoms with Crippen LogP contribution in [-0.4, -0.2) is 41.6 Å². The van der Waals surface area contributed by atoms with E-state index in [1.54, 1.807) is 7.11 Å². The maximum atomic E-state index is 12.3. The Bertz CT molecular complexity index is 499. The third kappa shape index (κ3) is 4.77. The molecular formula is C16H23NO4. The van der Waals surface area contributed by atoms with Crippen molar-refractivity contribution in [3.05, 3.63) is 29.8 Å². The van der Waals surface area contributed by atoms with Crippen LogP contribution >= 0.6 is 0 Å². The van der Waals surface area contributed by atoms with Gasteiger partial charge in [-0.05, 0) is 31.4 Å². The molecule has 0 fully saturated rings. The first-order valence-corrected chi connectivity index (χ1v) is 7.01. The van der Waals surface area contributed by atoms with Crippen molar-refractivity contribution in [2.45, 2.75) is 39.2 Å². The van der Waals surface area contributed by atoms with Gasteiger partial charge in [-0.3, -0.25) is 9.59 Å². The second-order valence-corrected chi connectivity index (χ2v) is 5.36. The third-order valence-electron chi connectivity index (χ3n) is 3.40. The molecule has 1 unspecified atom stereocenters. The highest BCUT2D eigenvalue weighted by atomic mass is 16.5. The lowest BCUT2D eigenvalue weighted by molar-refractivity contribution is -0.145. The molecule has 0 saturated heterocycles. The number of hydrogen-bond acceptors (Lipinski definition) is 3. The highest BCUT2D eigenvalue weighted by Crippen LogP contribution is 2.29. The van der Waals surface area contributed by atoms with Gasteiger partial charge in [-0.15, -0.1) is 0 Å². The van der Waals surface area contributed by atoms with Crippen LogP contribution in [0.4, 0.5) is 0 Å². The summed E-state index contributed by atoms with van der Waals surface area (Å²) in [6, 6.07) is 7.41. The van der Waals surface area contributed by atoms with Crippen LogP contribution in [0.25, 0.3) is 0 Å². The number of ether oxygens (including phenoxy) is 1. The zero-order valence-corrected chi connectivity index (χ0v) is 13.0. The Morgan fingerprint density at radius 1 is 1.24 bits per heavy atom. The molecule has 1 rings (SSSR count). The van der Waals surface area contributed by atoms with Crippen molar-refractivity contribution >= 4 is 11.9 Å². The number of rotatable bonds is 7. The predicted octanol–water partition coefficient (Wildman–Crippen LogP) is 2.51. The standard InChI is InChI=1S/C16H23NO4/c1-11(2)17(10-16(19)20)15(18)9-12(3)13-7-5-6-8-14(13)21-4/h5-8,11-12H,9-10H2,1-4H3,(H,19,20). The molecule has 5 nitrogen and oxygen atoms in total. The van der Waals surface area contributed by atoms with Crippen LogP contribution < -0.4 is 4.74 Å². The maximum absolute atomic E-state index is 12.3. The normalized spacial score (nSPS) is 12.0. The fourth-order valence-electron chi connectivity index (χ4n) is 2.27. The average molecular weight is 293 g/mol. The number of aliphatic carboxylic acids is 1. The fraction of sp³-hybridized carbons (Fsp3) is 0.500. The van der Waals surface area contributed by atoms with Crippen molar-refractivity contribution in [2.75, 3.05) is 13.7 Å². The van der Waals surface area contributed by atoms with Crippen LogP contribution in [0, 0.1) is 0 Å². The number of para-hydroxylation sites is 1. The SMILES string of the molecule is COc1ccccc1C(C)CC(=O)N(CC(=O)O)C(C)C. The van der Waals surface area contributed by atoms with Gasteiger partial charge in [0, 0.05) is 12.5 Å². The van der Waals surface area contributed by atoms with Crippen LogP contribution in [0.3, 0.4) is 0 Å². The summed E-state index contributed by atoms with van der Waals surface area (Å²) in [5.41, 5.74) is 0.951. The van der Waals surface area contributed by atoms with Gasteiger partial charge < -0.3 is 14.7 Å². The number of nitrogens with zero attached hydrogens (tertiary/aromatic N) is 1. The van der Waals surface area contributed by atoms with Crippen LogP contribution in [0.5, 0.6) is 5.75 Å². The summed E-state index contributed by atoms with van der Waals surface area (Å²) in [5, 5.41) is 8.90. The molecule has 0 aromatic heterocycles. The summed E-state index contributed by atoms with van der Waals surface area (Å²) in [4.78, 5) is 24.6. The number of carbonyl (C=O) groups excluding carboxylic acids is 1. The third-order valence-corrected chi connectivity index (χ3v) is 3.40. The van der Waals surface area contributed by atoms with E-state index in [0.717, 1.165) is 11.3 Å². The van der Waals surface area contributed by atoms with E-state index < -0.39 is 5.97 Å². The average Bonchev–Trinajstić information content (AvgIpc) is 2.43. The smallest absolute Gasteiger partial charge is 0.323 e. The minimum atomic E-state index is -0.998. The number of amides is 1. The molecule has 1 aromatic carbocycles. The van der Waals surface area contributed by atoms with Gasteiger partial charge in [0.25, 0.3) is 0 Å². The summed E-state index contributed by atoms with van der Waals surface area (Å²) < 4.78 is 5.30. The highest BCUT2D eigenvalue weighted by Gasteiger charge is 2.23. The Kier molecular flexibility index (Phi) is 6.21. The predicted molar refractivity (Wildman–Crippen MR) is 80.5 cm³/mol. The molecule has 0 aliphatic heterocycles. The van der Waals surface area contributed by atoms with Crippen LogP contribution in [0.15, 0.2) is 24.3 Å². The molecule has 0 heterocycles. The summed E-state index contributed by atoms with van der Waals surface area (Å²) in [6.07, 6.45) is 0.256. The minimum absolute atomic E-state index is 0.0382. The first kappa shape index (κ1) is 17.0. The van der Waals surface area contributed by atoms with E-state index in [2.05, 4.69) is 0 Å². The fourth-order valence-corrected chi connectivity index (χ4v) is 2.27. The zero-order valence-electron chi connectivity index (χ0n) is 13.0.